The normalized spacial score (nSPS) is 19.3. The second kappa shape index (κ2) is 7.23. The first-order valence-electron chi connectivity index (χ1n) is 8.81. The summed E-state index contributed by atoms with van der Waals surface area (Å²) in [6, 6.07) is 6.76. The van der Waals surface area contributed by atoms with Crippen molar-refractivity contribution < 1.29 is 27.4 Å². The number of likely N-dealkylation sites (tertiary alicyclic amines) is 1. The van der Waals surface area contributed by atoms with Crippen molar-refractivity contribution in [1.82, 2.24) is 4.90 Å². The van der Waals surface area contributed by atoms with Crippen LogP contribution < -0.4 is 9.47 Å². The molecule has 2 aliphatic rings. The van der Waals surface area contributed by atoms with E-state index in [2.05, 4.69) is 0 Å². The molecule has 1 fully saturated rings. The molecule has 0 radical (unpaired) electrons. The van der Waals surface area contributed by atoms with E-state index in [4.69, 9.17) is 9.47 Å². The van der Waals surface area contributed by atoms with Gasteiger partial charge in [0.05, 0.1) is 0 Å². The van der Waals surface area contributed by atoms with E-state index in [0.717, 1.165) is 18.6 Å². The minimum absolute atomic E-state index is 0.0433. The number of ketones is 1. The van der Waals surface area contributed by atoms with Gasteiger partial charge in [0.25, 0.3) is 0 Å². The molecule has 0 aliphatic carbocycles. The van der Waals surface area contributed by atoms with Gasteiger partial charge in [-0.2, -0.15) is 0 Å². The van der Waals surface area contributed by atoms with E-state index in [1.165, 1.54) is 0 Å². The van der Waals surface area contributed by atoms with Gasteiger partial charge >= 0.3 is 0 Å². The zero-order valence-corrected chi connectivity index (χ0v) is 14.5. The lowest BCUT2D eigenvalue weighted by Crippen LogP contribution is -2.38. The maximum atomic E-state index is 13.9. The van der Waals surface area contributed by atoms with E-state index in [1.54, 1.807) is 23.1 Å². The highest BCUT2D eigenvalue weighted by atomic mass is 19.2. The first-order chi connectivity index (χ1) is 13.0. The highest BCUT2D eigenvalue weighted by molar-refractivity contribution is 5.98. The van der Waals surface area contributed by atoms with E-state index >= 15 is 0 Å². The summed E-state index contributed by atoms with van der Waals surface area (Å²) >= 11 is 0. The average Bonchev–Trinajstić information content (AvgIpc) is 3.16. The van der Waals surface area contributed by atoms with Crippen LogP contribution in [0.3, 0.4) is 0 Å². The zero-order valence-electron chi connectivity index (χ0n) is 14.5. The number of rotatable bonds is 4. The molecule has 0 spiro atoms. The lowest BCUT2D eigenvalue weighted by Gasteiger charge is -2.32. The van der Waals surface area contributed by atoms with Crippen LogP contribution in [0.25, 0.3) is 0 Å². The van der Waals surface area contributed by atoms with Gasteiger partial charge < -0.3 is 9.47 Å². The number of carbonyl (C=O) groups excluding carboxylic acids is 1. The predicted octanol–water partition coefficient (Wildman–Crippen LogP) is 3.93. The van der Waals surface area contributed by atoms with Crippen LogP contribution in [0.5, 0.6) is 11.5 Å². The highest BCUT2D eigenvalue weighted by Gasteiger charge is 2.29. The van der Waals surface area contributed by atoms with Gasteiger partial charge in [-0.25, -0.2) is 13.2 Å². The second-order valence-corrected chi connectivity index (χ2v) is 6.83. The molecule has 27 heavy (non-hydrogen) atoms. The van der Waals surface area contributed by atoms with Crippen molar-refractivity contribution in [3.05, 3.63) is 58.9 Å². The van der Waals surface area contributed by atoms with Crippen LogP contribution in [0.2, 0.25) is 0 Å². The molecule has 142 valence electrons. The number of ether oxygens (including phenoxy) is 2. The number of halogens is 3. The van der Waals surface area contributed by atoms with Gasteiger partial charge in [0.15, 0.2) is 28.9 Å². The number of piperidine rings is 1. The topological polar surface area (TPSA) is 38.8 Å². The van der Waals surface area contributed by atoms with Crippen LogP contribution in [0.4, 0.5) is 13.2 Å². The number of carbonyl (C=O) groups is 1. The molecule has 1 atom stereocenters. The smallest absolute Gasteiger partial charge is 0.231 e. The molecule has 0 saturated carbocycles. The molecular weight excluding hydrogens is 359 g/mol. The molecule has 2 heterocycles. The summed E-state index contributed by atoms with van der Waals surface area (Å²) in [5, 5.41) is 0. The SMILES string of the molecule is O=C(c1ccc2c(c1)OCO2)[C@H]1CCCN(Cc2c(F)ccc(F)c2F)C1. The number of hydrogen-bond donors (Lipinski definition) is 0. The number of Topliss-reactive ketones (excluding diaryl/α,β-unsaturated/α-hetero) is 1. The zero-order chi connectivity index (χ0) is 19.0. The van der Waals surface area contributed by atoms with E-state index in [-0.39, 0.29) is 30.6 Å². The molecule has 4 rings (SSSR count). The summed E-state index contributed by atoms with van der Waals surface area (Å²) in [6.07, 6.45) is 1.41. The van der Waals surface area contributed by atoms with Crippen LogP contribution >= 0.6 is 0 Å². The van der Waals surface area contributed by atoms with Crippen molar-refractivity contribution in [2.75, 3.05) is 19.9 Å². The van der Waals surface area contributed by atoms with Crippen molar-refractivity contribution in [1.29, 1.82) is 0 Å². The van der Waals surface area contributed by atoms with Crippen molar-refractivity contribution in [2.24, 2.45) is 5.92 Å². The van der Waals surface area contributed by atoms with Gasteiger partial charge in [0.1, 0.15) is 5.82 Å². The van der Waals surface area contributed by atoms with Crippen LogP contribution in [0.15, 0.2) is 30.3 Å². The molecule has 0 N–H and O–H groups in total. The van der Waals surface area contributed by atoms with Gasteiger partial charge in [-0.1, -0.05) is 0 Å². The molecule has 0 aromatic heterocycles. The fourth-order valence-corrected chi connectivity index (χ4v) is 3.64. The number of hydrogen-bond acceptors (Lipinski definition) is 4. The Morgan fingerprint density at radius 1 is 1.07 bits per heavy atom. The molecule has 0 amide bonds. The summed E-state index contributed by atoms with van der Waals surface area (Å²) < 4.78 is 51.8. The third kappa shape index (κ3) is 3.51. The van der Waals surface area contributed by atoms with Crippen LogP contribution in [-0.2, 0) is 6.54 Å². The van der Waals surface area contributed by atoms with E-state index in [9.17, 15) is 18.0 Å². The molecule has 1 saturated heterocycles. The molecule has 0 bridgehead atoms. The Balaban J connectivity index is 1.48. The van der Waals surface area contributed by atoms with Crippen molar-refractivity contribution in [3.63, 3.8) is 0 Å². The Morgan fingerprint density at radius 3 is 2.70 bits per heavy atom. The minimum atomic E-state index is -1.17. The highest BCUT2D eigenvalue weighted by Crippen LogP contribution is 2.34. The third-order valence-electron chi connectivity index (χ3n) is 5.05. The molecule has 2 aromatic rings. The largest absolute Gasteiger partial charge is 0.454 e. The Bertz CT molecular complexity index is 887. The summed E-state index contributed by atoms with van der Waals surface area (Å²) in [4.78, 5) is 14.6. The lowest BCUT2D eigenvalue weighted by atomic mass is 9.89. The van der Waals surface area contributed by atoms with Gasteiger partial charge in [0, 0.05) is 30.1 Å². The fraction of sp³-hybridized carbons (Fsp3) is 0.350. The molecule has 2 aliphatic heterocycles. The number of nitrogens with zero attached hydrogens (tertiary/aromatic N) is 1. The van der Waals surface area contributed by atoms with E-state index < -0.39 is 17.5 Å². The Labute approximate surface area is 154 Å². The second-order valence-electron chi connectivity index (χ2n) is 6.83. The molecule has 4 nitrogen and oxygen atoms in total. The summed E-state index contributed by atoms with van der Waals surface area (Å²) in [5.41, 5.74) is 0.223. The Morgan fingerprint density at radius 2 is 1.85 bits per heavy atom. The predicted molar refractivity (Wildman–Crippen MR) is 91.2 cm³/mol. The van der Waals surface area contributed by atoms with Gasteiger partial charge in [-0.15, -0.1) is 0 Å². The molecule has 2 aromatic carbocycles. The molecular formula is C20H18F3NO3. The monoisotopic (exact) mass is 377 g/mol. The summed E-state index contributed by atoms with van der Waals surface area (Å²) in [7, 11) is 0. The molecule has 0 unspecified atom stereocenters. The first kappa shape index (κ1) is 17.9. The molecule has 7 heteroatoms. The lowest BCUT2D eigenvalue weighted by molar-refractivity contribution is 0.0808. The quantitative estimate of drug-likeness (QED) is 0.598. The van der Waals surface area contributed by atoms with Gasteiger partial charge in [-0.3, -0.25) is 9.69 Å². The van der Waals surface area contributed by atoms with Crippen LogP contribution in [0, 0.1) is 23.4 Å². The third-order valence-corrected chi connectivity index (χ3v) is 5.05. The van der Waals surface area contributed by atoms with E-state index in [1.807, 2.05) is 0 Å². The maximum Gasteiger partial charge on any atom is 0.231 e. The summed E-state index contributed by atoms with van der Waals surface area (Å²) in [5.74, 6) is -2.21. The van der Waals surface area contributed by atoms with E-state index in [0.29, 0.717) is 36.6 Å². The van der Waals surface area contributed by atoms with Gasteiger partial charge in [0.2, 0.25) is 6.79 Å². The van der Waals surface area contributed by atoms with Crippen molar-refractivity contribution >= 4 is 5.78 Å². The average molecular weight is 377 g/mol. The first-order valence-corrected chi connectivity index (χ1v) is 8.81. The maximum absolute atomic E-state index is 13.9. The minimum Gasteiger partial charge on any atom is -0.454 e. The number of fused-ring (bicyclic) bond motifs is 1. The fourth-order valence-electron chi connectivity index (χ4n) is 3.64. The summed E-state index contributed by atoms with van der Waals surface area (Å²) in [6.45, 7) is 1.03. The Hall–Kier alpha value is -2.54. The van der Waals surface area contributed by atoms with Gasteiger partial charge in [-0.05, 0) is 49.7 Å². The number of benzene rings is 2. The van der Waals surface area contributed by atoms with Crippen molar-refractivity contribution in [3.8, 4) is 11.5 Å². The van der Waals surface area contributed by atoms with Crippen molar-refractivity contribution in [2.45, 2.75) is 19.4 Å². The standard InChI is InChI=1S/C20H18F3NO3/c21-15-4-5-16(22)19(23)14(15)10-24-7-1-2-13(9-24)20(25)12-3-6-17-18(8-12)27-11-26-17/h3-6,8,13H,1-2,7,9-11H2/t13-/m0/s1. The van der Waals surface area contributed by atoms with Crippen LogP contribution in [0.1, 0.15) is 28.8 Å². The van der Waals surface area contributed by atoms with Crippen LogP contribution in [-0.4, -0.2) is 30.6 Å². The Kier molecular flexibility index (Phi) is 4.78.